The fourth-order valence-corrected chi connectivity index (χ4v) is 3.52. The summed E-state index contributed by atoms with van der Waals surface area (Å²) in [6.07, 6.45) is 1.21. The zero-order valence-corrected chi connectivity index (χ0v) is 22.2. The molecule has 0 saturated carbocycles. The minimum Gasteiger partial charge on any atom is -0.493 e. The molecule has 0 fully saturated rings. The largest absolute Gasteiger partial charge is 0.493 e. The zero-order chi connectivity index (χ0) is 27.4. The SMILES string of the molecule is CCCO[C@@H](CC)[C@@H](Oc1ccccc1)[C@H](C)OC(=O)[C@H](C)NC(=O)c1nccc(OC)c1OC(C)=O. The zero-order valence-electron chi connectivity index (χ0n) is 22.2. The number of pyridine rings is 1. The third-order valence-corrected chi connectivity index (χ3v) is 5.34. The van der Waals surface area contributed by atoms with E-state index in [9.17, 15) is 14.4 Å². The van der Waals surface area contributed by atoms with E-state index in [1.54, 1.807) is 6.92 Å². The van der Waals surface area contributed by atoms with Crippen LogP contribution in [0.3, 0.4) is 0 Å². The normalized spacial score (nSPS) is 14.0. The van der Waals surface area contributed by atoms with Crippen LogP contribution in [-0.2, 0) is 19.1 Å². The van der Waals surface area contributed by atoms with Crippen LogP contribution in [0, 0.1) is 0 Å². The maximum absolute atomic E-state index is 12.9. The molecule has 0 radical (unpaired) electrons. The second kappa shape index (κ2) is 14.8. The lowest BCUT2D eigenvalue weighted by molar-refractivity contribution is -0.160. The molecule has 1 aromatic heterocycles. The summed E-state index contributed by atoms with van der Waals surface area (Å²) in [7, 11) is 1.37. The van der Waals surface area contributed by atoms with Gasteiger partial charge < -0.3 is 29.0 Å². The molecule has 0 unspecified atom stereocenters. The van der Waals surface area contributed by atoms with E-state index in [-0.39, 0.29) is 23.3 Å². The fourth-order valence-electron chi connectivity index (χ4n) is 3.52. The molecule has 0 aliphatic heterocycles. The van der Waals surface area contributed by atoms with Crippen molar-refractivity contribution in [1.29, 1.82) is 0 Å². The van der Waals surface area contributed by atoms with Crippen molar-refractivity contribution in [2.45, 2.75) is 71.8 Å². The van der Waals surface area contributed by atoms with E-state index in [0.29, 0.717) is 18.8 Å². The average molecular weight is 517 g/mol. The van der Waals surface area contributed by atoms with Crippen molar-refractivity contribution in [3.05, 3.63) is 48.3 Å². The number of hydrogen-bond donors (Lipinski definition) is 1. The lowest BCUT2D eigenvalue weighted by Crippen LogP contribution is -2.47. The molecule has 202 valence electrons. The van der Waals surface area contributed by atoms with Gasteiger partial charge in [-0.15, -0.1) is 0 Å². The molecule has 37 heavy (non-hydrogen) atoms. The molecule has 1 amide bonds. The average Bonchev–Trinajstić information content (AvgIpc) is 2.88. The Balaban J connectivity index is 2.15. The molecule has 10 heteroatoms. The highest BCUT2D eigenvalue weighted by atomic mass is 16.6. The van der Waals surface area contributed by atoms with Crippen LogP contribution in [0.25, 0.3) is 0 Å². The highest BCUT2D eigenvalue weighted by molar-refractivity contribution is 5.98. The van der Waals surface area contributed by atoms with Crippen molar-refractivity contribution in [1.82, 2.24) is 10.3 Å². The van der Waals surface area contributed by atoms with Gasteiger partial charge in [0.1, 0.15) is 17.9 Å². The third kappa shape index (κ3) is 8.75. The third-order valence-electron chi connectivity index (χ3n) is 5.34. The highest BCUT2D eigenvalue weighted by Gasteiger charge is 2.33. The molecule has 4 atom stereocenters. The summed E-state index contributed by atoms with van der Waals surface area (Å²) < 4.78 is 28.1. The molecule has 1 N–H and O–H groups in total. The number of carbonyl (C=O) groups is 3. The van der Waals surface area contributed by atoms with Crippen LogP contribution in [0.1, 0.15) is 57.9 Å². The Morgan fingerprint density at radius 3 is 2.35 bits per heavy atom. The van der Waals surface area contributed by atoms with E-state index in [1.165, 1.54) is 33.2 Å². The number of amides is 1. The van der Waals surface area contributed by atoms with E-state index < -0.39 is 36.1 Å². The molecule has 1 heterocycles. The molecule has 2 rings (SSSR count). The van der Waals surface area contributed by atoms with Crippen molar-refractivity contribution in [2.24, 2.45) is 0 Å². The van der Waals surface area contributed by atoms with Crippen LogP contribution >= 0.6 is 0 Å². The van der Waals surface area contributed by atoms with Crippen molar-refractivity contribution >= 4 is 17.8 Å². The molecule has 2 aromatic rings. The number of nitrogens with zero attached hydrogens (tertiary/aromatic N) is 1. The molecule has 0 spiro atoms. The van der Waals surface area contributed by atoms with Gasteiger partial charge in [-0.25, -0.2) is 9.78 Å². The standard InChI is InChI=1S/C27H36N2O8/c1-7-16-34-21(8-2)24(37-20-12-10-9-11-13-20)18(4)35-27(32)17(3)29-26(31)23-25(36-19(5)30)22(33-6)14-15-28-23/h9-15,17-18,21,24H,7-8,16H2,1-6H3,(H,29,31)/t17-,18-,21-,24-/m0/s1. The lowest BCUT2D eigenvalue weighted by Gasteiger charge is -2.32. The summed E-state index contributed by atoms with van der Waals surface area (Å²) in [4.78, 5) is 41.3. The Bertz CT molecular complexity index is 1030. The van der Waals surface area contributed by atoms with E-state index in [4.69, 9.17) is 23.7 Å². The second-order valence-corrected chi connectivity index (χ2v) is 8.33. The molecular formula is C27H36N2O8. The number of hydrogen-bond acceptors (Lipinski definition) is 9. The number of benzene rings is 1. The van der Waals surface area contributed by atoms with Crippen LogP contribution < -0.4 is 19.5 Å². The van der Waals surface area contributed by atoms with Crippen molar-refractivity contribution in [3.63, 3.8) is 0 Å². The first kappa shape index (κ1) is 29.6. The summed E-state index contributed by atoms with van der Waals surface area (Å²) in [5.74, 6) is -1.43. The monoisotopic (exact) mass is 516 g/mol. The lowest BCUT2D eigenvalue weighted by atomic mass is 10.1. The number of methoxy groups -OCH3 is 1. The van der Waals surface area contributed by atoms with Gasteiger partial charge in [-0.05, 0) is 38.8 Å². The van der Waals surface area contributed by atoms with Crippen molar-refractivity contribution in [3.8, 4) is 17.2 Å². The number of esters is 2. The van der Waals surface area contributed by atoms with Gasteiger partial charge in [-0.1, -0.05) is 32.0 Å². The Labute approximate surface area is 217 Å². The topological polar surface area (TPSA) is 122 Å². The molecule has 10 nitrogen and oxygen atoms in total. The molecular weight excluding hydrogens is 480 g/mol. The number of aromatic nitrogens is 1. The Morgan fingerprint density at radius 1 is 1.05 bits per heavy atom. The fraction of sp³-hybridized carbons (Fsp3) is 0.481. The summed E-state index contributed by atoms with van der Waals surface area (Å²) in [5.41, 5.74) is -0.202. The first-order valence-corrected chi connectivity index (χ1v) is 12.3. The quantitative estimate of drug-likeness (QED) is 0.374. The van der Waals surface area contributed by atoms with Gasteiger partial charge in [0.2, 0.25) is 5.75 Å². The number of nitrogens with one attached hydrogen (secondary N) is 1. The minimum atomic E-state index is -1.04. The van der Waals surface area contributed by atoms with Crippen LogP contribution in [0.5, 0.6) is 17.2 Å². The molecule has 0 bridgehead atoms. The number of para-hydroxylation sites is 1. The summed E-state index contributed by atoms with van der Waals surface area (Å²) in [5, 5.41) is 2.54. The van der Waals surface area contributed by atoms with E-state index in [0.717, 1.165) is 6.42 Å². The number of rotatable bonds is 14. The molecule has 0 saturated heterocycles. The summed E-state index contributed by atoms with van der Waals surface area (Å²) in [6, 6.07) is 9.63. The van der Waals surface area contributed by atoms with Gasteiger partial charge in [0.05, 0.1) is 13.2 Å². The Morgan fingerprint density at radius 2 is 1.76 bits per heavy atom. The summed E-state index contributed by atoms with van der Waals surface area (Å²) in [6.45, 7) is 8.92. The van der Waals surface area contributed by atoms with Gasteiger partial charge in [0.15, 0.2) is 17.5 Å². The molecule has 0 aliphatic carbocycles. The predicted molar refractivity (Wildman–Crippen MR) is 136 cm³/mol. The van der Waals surface area contributed by atoms with Crippen molar-refractivity contribution < 1.29 is 38.1 Å². The van der Waals surface area contributed by atoms with Gasteiger partial charge in [-0.2, -0.15) is 0 Å². The molecule has 1 aromatic carbocycles. The van der Waals surface area contributed by atoms with Crippen LogP contribution in [0.15, 0.2) is 42.6 Å². The van der Waals surface area contributed by atoms with E-state index in [1.807, 2.05) is 44.2 Å². The maximum Gasteiger partial charge on any atom is 0.328 e. The predicted octanol–water partition coefficient (Wildman–Crippen LogP) is 3.72. The maximum atomic E-state index is 12.9. The second-order valence-electron chi connectivity index (χ2n) is 8.33. The van der Waals surface area contributed by atoms with Gasteiger partial charge in [0.25, 0.3) is 5.91 Å². The van der Waals surface area contributed by atoms with Gasteiger partial charge >= 0.3 is 11.9 Å². The Kier molecular flexibility index (Phi) is 11.8. The van der Waals surface area contributed by atoms with Crippen LogP contribution in [0.2, 0.25) is 0 Å². The van der Waals surface area contributed by atoms with Crippen LogP contribution in [-0.4, -0.2) is 60.9 Å². The van der Waals surface area contributed by atoms with E-state index >= 15 is 0 Å². The first-order valence-electron chi connectivity index (χ1n) is 12.3. The smallest absolute Gasteiger partial charge is 0.328 e. The van der Waals surface area contributed by atoms with Gasteiger partial charge in [-0.3, -0.25) is 9.59 Å². The molecule has 0 aliphatic rings. The first-order chi connectivity index (χ1) is 17.7. The minimum absolute atomic E-state index is 0.140. The summed E-state index contributed by atoms with van der Waals surface area (Å²) >= 11 is 0. The number of carbonyl (C=O) groups excluding carboxylic acids is 3. The van der Waals surface area contributed by atoms with Gasteiger partial charge in [0, 0.05) is 25.8 Å². The van der Waals surface area contributed by atoms with Crippen LogP contribution in [0.4, 0.5) is 0 Å². The van der Waals surface area contributed by atoms with Crippen molar-refractivity contribution in [2.75, 3.05) is 13.7 Å². The van der Waals surface area contributed by atoms with E-state index in [2.05, 4.69) is 10.3 Å². The highest BCUT2D eigenvalue weighted by Crippen LogP contribution is 2.29. The Hall–Kier alpha value is -3.66. The number of ether oxygens (including phenoxy) is 5.